The molecule has 0 aromatic rings. The summed E-state index contributed by atoms with van der Waals surface area (Å²) in [6.45, 7) is 8.00. The van der Waals surface area contributed by atoms with Crippen molar-refractivity contribution in [2.24, 2.45) is 0 Å². The quantitative estimate of drug-likeness (QED) is 0.386. The zero-order valence-electron chi connectivity index (χ0n) is 6.28. The Morgan fingerprint density at radius 1 is 1.00 bits per heavy atom. The van der Waals surface area contributed by atoms with Gasteiger partial charge in [0.1, 0.15) is 0 Å². The average molecular weight is 170 g/mol. The van der Waals surface area contributed by atoms with Gasteiger partial charge in [0, 0.05) is 0 Å². The summed E-state index contributed by atoms with van der Waals surface area (Å²) < 4.78 is 0. The fraction of sp³-hybridized carbons (Fsp3) is 0.714. The molecule has 0 aliphatic rings. The van der Waals surface area contributed by atoms with Gasteiger partial charge in [0.05, 0.1) is 0 Å². The molecule has 0 unspecified atom stereocenters. The van der Waals surface area contributed by atoms with E-state index in [1.165, 1.54) is 0 Å². The van der Waals surface area contributed by atoms with Crippen LogP contribution >= 0.6 is 0 Å². The van der Waals surface area contributed by atoms with Gasteiger partial charge in [-0.15, -0.1) is 0 Å². The van der Waals surface area contributed by atoms with Gasteiger partial charge in [-0.05, 0) is 0 Å². The van der Waals surface area contributed by atoms with Gasteiger partial charge in [-0.1, -0.05) is 21.3 Å². The summed E-state index contributed by atoms with van der Waals surface area (Å²) in [5.41, 5.74) is 0. The number of hydrogen-bond acceptors (Lipinski definition) is 0. The number of rotatable bonds is 0. The smallest absolute Gasteiger partial charge is 0.358 e. The Morgan fingerprint density at radius 2 is 1.00 bits per heavy atom. The molecule has 0 heterocycles. The molecule has 8 heavy (non-hydrogen) atoms. The fourth-order valence-electron chi connectivity index (χ4n) is 0. The summed E-state index contributed by atoms with van der Waals surface area (Å²) >= 11 is 0. The van der Waals surface area contributed by atoms with Crippen LogP contribution in [0.25, 0.3) is 0 Å². The molecule has 0 aliphatic heterocycles. The molecule has 0 saturated carbocycles. The topological polar surface area (TPSA) is 0 Å². The average Bonchev–Trinajstić information content (AvgIpc) is 1.46. The molecule has 0 saturated heterocycles. The third kappa shape index (κ3) is 539. The Bertz CT molecular complexity index is 4.35. The second-order valence-corrected chi connectivity index (χ2v) is 0.577. The third-order valence-corrected chi connectivity index (χ3v) is 0. The van der Waals surface area contributed by atoms with Crippen molar-refractivity contribution in [3.8, 4) is 0 Å². The molecule has 1 heteroatoms. The summed E-state index contributed by atoms with van der Waals surface area (Å²) in [5, 5.41) is 0. The van der Waals surface area contributed by atoms with Crippen molar-refractivity contribution in [1.82, 2.24) is 0 Å². The van der Waals surface area contributed by atoms with E-state index in [4.69, 9.17) is 0 Å². The summed E-state index contributed by atoms with van der Waals surface area (Å²) in [5.74, 6) is 0. The first-order chi connectivity index (χ1) is 2.41. The van der Waals surface area contributed by atoms with Crippen LogP contribution in [0.4, 0.5) is 0 Å². The first-order valence-corrected chi connectivity index (χ1v) is 2.15. The molecule has 0 aromatic carbocycles. The van der Waals surface area contributed by atoms with Gasteiger partial charge >= 0.3 is 19.5 Å². The molecule has 0 amide bonds. The van der Waals surface area contributed by atoms with E-state index in [1.54, 1.807) is 0 Å². The van der Waals surface area contributed by atoms with Gasteiger partial charge in [0.15, 0.2) is 0 Å². The van der Waals surface area contributed by atoms with Crippen LogP contribution in [0.3, 0.4) is 0 Å². The Morgan fingerprint density at radius 3 is 1.00 bits per heavy atom. The molecule has 0 bridgehead atoms. The normalized spacial score (nSPS) is 3.00. The maximum Gasteiger partial charge on any atom is 2.00 e. The zero-order valence-corrected chi connectivity index (χ0v) is 9.25. The largest absolute Gasteiger partial charge is 2.00 e. The maximum atomic E-state index is 2.00. The van der Waals surface area contributed by atoms with E-state index in [9.17, 15) is 0 Å². The van der Waals surface area contributed by atoms with Gasteiger partial charge < -0.3 is 13.8 Å². The molecule has 0 rings (SSSR count). The first kappa shape index (κ1) is 38.2. The predicted octanol–water partition coefficient (Wildman–Crippen LogP) is 3.34. The fourth-order valence-corrected chi connectivity index (χ4v) is 0. The molecule has 0 nitrogen and oxygen atoms in total. The van der Waals surface area contributed by atoms with E-state index in [-0.39, 0.29) is 34.3 Å². The second kappa shape index (κ2) is 127. The Balaban J connectivity index is -0.00000000567. The van der Waals surface area contributed by atoms with E-state index in [2.05, 4.69) is 0 Å². The molecule has 0 spiro atoms. The Labute approximate surface area is 68.8 Å². The van der Waals surface area contributed by atoms with Gasteiger partial charge in [-0.2, -0.15) is 13.8 Å². The van der Waals surface area contributed by atoms with Gasteiger partial charge in [-0.25, -0.2) is 0 Å². The van der Waals surface area contributed by atoms with Crippen molar-refractivity contribution < 1.29 is 19.5 Å². The SMILES string of the molecule is C.CC.C[CH-]C.[CH3-].[Zn+2]. The van der Waals surface area contributed by atoms with Crippen LogP contribution in [0, 0.1) is 13.8 Å². The molecular formula is C7H20Zn. The van der Waals surface area contributed by atoms with Crippen LogP contribution in [-0.4, -0.2) is 0 Å². The molecule has 0 aromatic heterocycles. The maximum absolute atomic E-state index is 2.00. The summed E-state index contributed by atoms with van der Waals surface area (Å²) in [6.07, 6.45) is 2.00. The Hall–Kier alpha value is 0.623. The minimum Gasteiger partial charge on any atom is -0.358 e. The molecule has 0 fully saturated rings. The first-order valence-electron chi connectivity index (χ1n) is 2.15. The molecule has 0 atom stereocenters. The van der Waals surface area contributed by atoms with E-state index >= 15 is 0 Å². The molecular weight excluding hydrogens is 149 g/mol. The van der Waals surface area contributed by atoms with Crippen molar-refractivity contribution in [2.75, 3.05) is 0 Å². The van der Waals surface area contributed by atoms with Gasteiger partial charge in [-0.3, -0.25) is 0 Å². The van der Waals surface area contributed by atoms with Crippen molar-refractivity contribution >= 4 is 0 Å². The van der Waals surface area contributed by atoms with E-state index < -0.39 is 0 Å². The van der Waals surface area contributed by atoms with Crippen LogP contribution in [0.5, 0.6) is 0 Å². The zero-order chi connectivity index (χ0) is 4.71. The summed E-state index contributed by atoms with van der Waals surface area (Å²) in [7, 11) is 0. The van der Waals surface area contributed by atoms with Crippen LogP contribution in [0.1, 0.15) is 35.1 Å². The standard InChI is InChI=1S/C3H7.C2H6.CH4.CH3.Zn/c1-3-2;1-2;;;/h3H,1-2H3;1-2H3;1H4;1H3;/q-1;;;-1;+2. The molecule has 0 aliphatic carbocycles. The summed E-state index contributed by atoms with van der Waals surface area (Å²) in [6, 6.07) is 0. The van der Waals surface area contributed by atoms with Gasteiger partial charge in [0.2, 0.25) is 0 Å². The minimum atomic E-state index is 0. The van der Waals surface area contributed by atoms with Crippen molar-refractivity contribution in [2.45, 2.75) is 35.1 Å². The molecule has 0 N–H and O–H groups in total. The summed E-state index contributed by atoms with van der Waals surface area (Å²) in [4.78, 5) is 0. The van der Waals surface area contributed by atoms with E-state index in [0.29, 0.717) is 0 Å². The van der Waals surface area contributed by atoms with Crippen LogP contribution < -0.4 is 0 Å². The van der Waals surface area contributed by atoms with Crippen LogP contribution in [-0.2, 0) is 19.5 Å². The van der Waals surface area contributed by atoms with E-state index in [0.717, 1.165) is 0 Å². The van der Waals surface area contributed by atoms with E-state index in [1.807, 2.05) is 34.1 Å². The minimum absolute atomic E-state index is 0. The van der Waals surface area contributed by atoms with Gasteiger partial charge in [0.25, 0.3) is 0 Å². The van der Waals surface area contributed by atoms with Crippen molar-refractivity contribution in [3.63, 3.8) is 0 Å². The second-order valence-electron chi connectivity index (χ2n) is 0.577. The monoisotopic (exact) mass is 168 g/mol. The molecule has 50 valence electrons. The van der Waals surface area contributed by atoms with Crippen LogP contribution in [0.15, 0.2) is 0 Å². The number of hydrogen-bond donors (Lipinski definition) is 0. The molecule has 0 radical (unpaired) electrons. The predicted molar refractivity (Wildman–Crippen MR) is 40.1 cm³/mol. The third-order valence-electron chi connectivity index (χ3n) is 0. The van der Waals surface area contributed by atoms with Crippen molar-refractivity contribution in [3.05, 3.63) is 13.8 Å². The van der Waals surface area contributed by atoms with Crippen molar-refractivity contribution in [1.29, 1.82) is 0 Å². The van der Waals surface area contributed by atoms with Crippen LogP contribution in [0.2, 0.25) is 0 Å². The Kier molecular flexibility index (Phi) is 606.